The molecule has 2 atom stereocenters. The molecule has 0 aromatic heterocycles. The third kappa shape index (κ3) is 2.58. The summed E-state index contributed by atoms with van der Waals surface area (Å²) in [5.74, 6) is 1.71. The summed E-state index contributed by atoms with van der Waals surface area (Å²) in [6.07, 6.45) is 7.76. The van der Waals surface area contributed by atoms with Crippen molar-refractivity contribution in [3.63, 3.8) is 0 Å². The fourth-order valence-electron chi connectivity index (χ4n) is 2.46. The summed E-state index contributed by atoms with van der Waals surface area (Å²) in [4.78, 5) is 9.98. The van der Waals surface area contributed by atoms with Gasteiger partial charge >= 0.3 is 0 Å². The average Bonchev–Trinajstić information content (AvgIpc) is 2.50. The maximum atomic E-state index is 9.98. The van der Waals surface area contributed by atoms with E-state index in [2.05, 4.69) is 12.1 Å². The zero-order chi connectivity index (χ0) is 8.81. The highest BCUT2D eigenvalue weighted by Crippen LogP contribution is 2.36. The molecule has 1 aliphatic rings. The van der Waals surface area contributed by atoms with E-state index in [4.69, 9.17) is 0 Å². The molecule has 0 aliphatic heterocycles. The van der Waals surface area contributed by atoms with Crippen LogP contribution in [0.1, 0.15) is 45.4 Å². The van der Waals surface area contributed by atoms with E-state index in [0.717, 1.165) is 18.3 Å². The van der Waals surface area contributed by atoms with Gasteiger partial charge in [0.15, 0.2) is 0 Å². The van der Waals surface area contributed by atoms with Gasteiger partial charge in [-0.3, -0.25) is 0 Å². The van der Waals surface area contributed by atoms with E-state index < -0.39 is 0 Å². The van der Waals surface area contributed by atoms with Crippen molar-refractivity contribution in [2.24, 2.45) is 17.0 Å². The Balaban J connectivity index is 2.25. The van der Waals surface area contributed by atoms with Gasteiger partial charge in [0, 0.05) is 0 Å². The van der Waals surface area contributed by atoms with Crippen molar-refractivity contribution in [3.8, 4) is 0 Å². The third-order valence-electron chi connectivity index (χ3n) is 3.07. The quantitative estimate of drug-likeness (QED) is 0.580. The van der Waals surface area contributed by atoms with Gasteiger partial charge in [-0.25, -0.2) is 0 Å². The number of nitroso groups, excluding NO2 is 1. The monoisotopic (exact) mass is 169 g/mol. The molecule has 0 N–H and O–H groups in total. The Bertz CT molecular complexity index is 136. The summed E-state index contributed by atoms with van der Waals surface area (Å²) >= 11 is 0. The lowest BCUT2D eigenvalue weighted by molar-refractivity contribution is 0.345. The molecule has 12 heavy (non-hydrogen) atoms. The number of rotatable bonds is 5. The van der Waals surface area contributed by atoms with Gasteiger partial charge in [-0.1, -0.05) is 44.2 Å². The van der Waals surface area contributed by atoms with Crippen LogP contribution in [0.25, 0.3) is 0 Å². The fourth-order valence-corrected chi connectivity index (χ4v) is 2.46. The van der Waals surface area contributed by atoms with Crippen LogP contribution < -0.4 is 0 Å². The molecule has 0 bridgehead atoms. The van der Waals surface area contributed by atoms with Gasteiger partial charge in [0.2, 0.25) is 0 Å². The molecule has 0 spiro atoms. The molecule has 1 aliphatic carbocycles. The lowest BCUT2D eigenvalue weighted by Crippen LogP contribution is -2.08. The first kappa shape index (κ1) is 9.69. The minimum atomic E-state index is 0.533. The van der Waals surface area contributed by atoms with E-state index >= 15 is 0 Å². The molecule has 0 heterocycles. The van der Waals surface area contributed by atoms with Gasteiger partial charge in [-0.15, -0.1) is 0 Å². The van der Waals surface area contributed by atoms with E-state index in [1.807, 2.05) is 0 Å². The van der Waals surface area contributed by atoms with Crippen molar-refractivity contribution in [1.82, 2.24) is 0 Å². The zero-order valence-corrected chi connectivity index (χ0v) is 7.96. The molecule has 2 unspecified atom stereocenters. The van der Waals surface area contributed by atoms with Gasteiger partial charge in [0.25, 0.3) is 0 Å². The highest BCUT2D eigenvalue weighted by Gasteiger charge is 2.25. The summed E-state index contributed by atoms with van der Waals surface area (Å²) in [6.45, 7) is 2.78. The van der Waals surface area contributed by atoms with Gasteiger partial charge in [-0.05, 0) is 18.3 Å². The molecule has 1 fully saturated rings. The first-order valence-electron chi connectivity index (χ1n) is 5.17. The van der Waals surface area contributed by atoms with E-state index in [0.29, 0.717) is 6.54 Å². The lowest BCUT2D eigenvalue weighted by Gasteiger charge is -2.16. The first-order valence-corrected chi connectivity index (χ1v) is 5.17. The first-order chi connectivity index (χ1) is 5.88. The Morgan fingerprint density at radius 2 is 1.92 bits per heavy atom. The summed E-state index contributed by atoms with van der Waals surface area (Å²) in [5.41, 5.74) is 0. The summed E-state index contributed by atoms with van der Waals surface area (Å²) in [5, 5.41) is 2.94. The van der Waals surface area contributed by atoms with Crippen LogP contribution in [0, 0.1) is 16.7 Å². The SMILES string of the molecule is CCCC1CCCC1CCN=O. The van der Waals surface area contributed by atoms with Gasteiger partial charge in [0.1, 0.15) is 0 Å². The van der Waals surface area contributed by atoms with Crippen molar-refractivity contribution in [2.45, 2.75) is 45.4 Å². The topological polar surface area (TPSA) is 29.4 Å². The third-order valence-corrected chi connectivity index (χ3v) is 3.07. The van der Waals surface area contributed by atoms with Crippen LogP contribution in [0.4, 0.5) is 0 Å². The van der Waals surface area contributed by atoms with Gasteiger partial charge in [0.05, 0.1) is 6.54 Å². The largest absolute Gasteiger partial charge is 0.151 e. The Kier molecular flexibility index (Phi) is 4.26. The van der Waals surface area contributed by atoms with Crippen LogP contribution in [0.5, 0.6) is 0 Å². The van der Waals surface area contributed by atoms with Crippen LogP contribution in [0.2, 0.25) is 0 Å². The van der Waals surface area contributed by atoms with Gasteiger partial charge in [-0.2, -0.15) is 4.91 Å². The highest BCUT2D eigenvalue weighted by atomic mass is 16.3. The van der Waals surface area contributed by atoms with Crippen molar-refractivity contribution in [3.05, 3.63) is 4.91 Å². The number of hydrogen-bond acceptors (Lipinski definition) is 2. The second-order valence-electron chi connectivity index (χ2n) is 3.88. The second-order valence-corrected chi connectivity index (χ2v) is 3.88. The Morgan fingerprint density at radius 3 is 2.50 bits per heavy atom. The fraction of sp³-hybridized carbons (Fsp3) is 1.00. The molecule has 0 radical (unpaired) electrons. The summed E-state index contributed by atoms with van der Waals surface area (Å²) in [7, 11) is 0. The lowest BCUT2D eigenvalue weighted by atomic mass is 9.89. The predicted octanol–water partition coefficient (Wildman–Crippen LogP) is 3.36. The normalized spacial score (nSPS) is 29.1. The highest BCUT2D eigenvalue weighted by molar-refractivity contribution is 4.77. The van der Waals surface area contributed by atoms with Crippen molar-refractivity contribution in [2.75, 3.05) is 6.54 Å². The molecule has 70 valence electrons. The average molecular weight is 169 g/mol. The van der Waals surface area contributed by atoms with E-state index in [9.17, 15) is 4.91 Å². The minimum Gasteiger partial charge on any atom is -0.151 e. The molecule has 1 rings (SSSR count). The second kappa shape index (κ2) is 5.28. The van der Waals surface area contributed by atoms with Crippen molar-refractivity contribution in [1.29, 1.82) is 0 Å². The molecular formula is C10H19NO. The van der Waals surface area contributed by atoms with Gasteiger partial charge < -0.3 is 0 Å². The van der Waals surface area contributed by atoms with E-state index in [1.165, 1.54) is 32.1 Å². The molecule has 2 heteroatoms. The van der Waals surface area contributed by atoms with E-state index in [-0.39, 0.29) is 0 Å². The molecule has 0 amide bonds. The smallest absolute Gasteiger partial charge is 0.0813 e. The maximum absolute atomic E-state index is 9.98. The summed E-state index contributed by atoms with van der Waals surface area (Å²) < 4.78 is 0. The van der Waals surface area contributed by atoms with Crippen LogP contribution in [-0.4, -0.2) is 6.54 Å². The van der Waals surface area contributed by atoms with Crippen LogP contribution >= 0.6 is 0 Å². The van der Waals surface area contributed by atoms with Crippen molar-refractivity contribution >= 4 is 0 Å². The summed E-state index contributed by atoms with van der Waals surface area (Å²) in [6, 6.07) is 0. The molecule has 2 nitrogen and oxygen atoms in total. The molecule has 0 aromatic carbocycles. The van der Waals surface area contributed by atoms with Crippen LogP contribution in [-0.2, 0) is 0 Å². The molecule has 1 saturated carbocycles. The Morgan fingerprint density at radius 1 is 1.25 bits per heavy atom. The predicted molar refractivity (Wildman–Crippen MR) is 51.0 cm³/mol. The maximum Gasteiger partial charge on any atom is 0.0813 e. The number of nitrogens with zero attached hydrogens (tertiary/aromatic N) is 1. The molecule has 0 aromatic rings. The Labute approximate surface area is 74.7 Å². The standard InChI is InChI=1S/C10H19NO/c1-2-4-9-5-3-6-10(9)7-8-11-12/h9-10H,2-8H2,1H3. The molecule has 0 saturated heterocycles. The molecular weight excluding hydrogens is 150 g/mol. The van der Waals surface area contributed by atoms with Crippen LogP contribution in [0.15, 0.2) is 5.18 Å². The number of hydrogen-bond donors (Lipinski definition) is 0. The van der Waals surface area contributed by atoms with Crippen molar-refractivity contribution < 1.29 is 0 Å². The minimum absolute atomic E-state index is 0.533. The van der Waals surface area contributed by atoms with E-state index in [1.54, 1.807) is 0 Å². The zero-order valence-electron chi connectivity index (χ0n) is 7.96. The Hall–Kier alpha value is -0.400. The van der Waals surface area contributed by atoms with Crippen LogP contribution in [0.3, 0.4) is 0 Å².